The molecule has 0 atom stereocenters. The van der Waals surface area contributed by atoms with E-state index in [2.05, 4.69) is 27.3 Å². The van der Waals surface area contributed by atoms with E-state index in [0.717, 1.165) is 23.0 Å². The van der Waals surface area contributed by atoms with Crippen molar-refractivity contribution in [1.29, 1.82) is 0 Å². The zero-order valence-corrected chi connectivity index (χ0v) is 9.60. The summed E-state index contributed by atoms with van der Waals surface area (Å²) >= 11 is 3.42. The van der Waals surface area contributed by atoms with Crippen LogP contribution in [0.1, 0.15) is 5.56 Å². The molecule has 0 aliphatic heterocycles. The first-order valence-corrected chi connectivity index (χ1v) is 5.41. The molecule has 0 aliphatic carbocycles. The Morgan fingerprint density at radius 1 is 1.43 bits per heavy atom. The third-order valence-corrected chi connectivity index (χ3v) is 2.76. The SMILES string of the molecule is CNCCc1coc2cc(Br)ccc12. The molecule has 0 amide bonds. The van der Waals surface area contributed by atoms with Gasteiger partial charge in [0.05, 0.1) is 6.26 Å². The molecule has 2 nitrogen and oxygen atoms in total. The van der Waals surface area contributed by atoms with Gasteiger partial charge in [0.2, 0.25) is 0 Å². The summed E-state index contributed by atoms with van der Waals surface area (Å²) in [5, 5.41) is 4.34. The summed E-state index contributed by atoms with van der Waals surface area (Å²) in [6, 6.07) is 6.13. The second kappa shape index (κ2) is 4.15. The molecule has 0 aliphatic rings. The maximum atomic E-state index is 5.47. The molecule has 1 aromatic heterocycles. The first kappa shape index (κ1) is 9.74. The lowest BCUT2D eigenvalue weighted by Gasteiger charge is -1.96. The second-order valence-corrected chi connectivity index (χ2v) is 4.17. The second-order valence-electron chi connectivity index (χ2n) is 3.25. The zero-order valence-electron chi connectivity index (χ0n) is 8.01. The van der Waals surface area contributed by atoms with Crippen molar-refractivity contribution >= 4 is 26.9 Å². The molecule has 0 saturated carbocycles. The van der Waals surface area contributed by atoms with Crippen LogP contribution in [0.25, 0.3) is 11.0 Å². The number of furan rings is 1. The third kappa shape index (κ3) is 1.83. The molecule has 74 valence electrons. The van der Waals surface area contributed by atoms with Gasteiger partial charge in [-0.3, -0.25) is 0 Å². The molecule has 3 heteroatoms. The molecule has 0 fully saturated rings. The van der Waals surface area contributed by atoms with Crippen LogP contribution in [0.4, 0.5) is 0 Å². The molecule has 0 spiro atoms. The highest BCUT2D eigenvalue weighted by atomic mass is 79.9. The normalized spacial score (nSPS) is 11.0. The van der Waals surface area contributed by atoms with Gasteiger partial charge in [-0.15, -0.1) is 0 Å². The van der Waals surface area contributed by atoms with Crippen molar-refractivity contribution in [1.82, 2.24) is 5.32 Å². The van der Waals surface area contributed by atoms with Gasteiger partial charge in [0.1, 0.15) is 5.58 Å². The minimum atomic E-state index is 0.950. The third-order valence-electron chi connectivity index (χ3n) is 2.26. The van der Waals surface area contributed by atoms with E-state index in [9.17, 15) is 0 Å². The Morgan fingerprint density at radius 3 is 3.07 bits per heavy atom. The fourth-order valence-corrected chi connectivity index (χ4v) is 1.85. The van der Waals surface area contributed by atoms with Crippen LogP contribution in [0.5, 0.6) is 0 Å². The van der Waals surface area contributed by atoms with Gasteiger partial charge < -0.3 is 9.73 Å². The minimum Gasteiger partial charge on any atom is -0.464 e. The molecule has 2 rings (SSSR count). The Labute approximate surface area is 91.4 Å². The van der Waals surface area contributed by atoms with E-state index in [-0.39, 0.29) is 0 Å². The van der Waals surface area contributed by atoms with Gasteiger partial charge >= 0.3 is 0 Å². The Kier molecular flexibility index (Phi) is 2.89. The maximum absolute atomic E-state index is 5.47. The summed E-state index contributed by atoms with van der Waals surface area (Å²) in [4.78, 5) is 0. The molecule has 0 saturated heterocycles. The molecule has 0 unspecified atom stereocenters. The predicted molar refractivity (Wildman–Crippen MR) is 61.5 cm³/mol. The number of benzene rings is 1. The summed E-state index contributed by atoms with van der Waals surface area (Å²) < 4.78 is 6.52. The highest BCUT2D eigenvalue weighted by Gasteiger charge is 2.04. The topological polar surface area (TPSA) is 25.2 Å². The van der Waals surface area contributed by atoms with Crippen molar-refractivity contribution in [2.24, 2.45) is 0 Å². The smallest absolute Gasteiger partial charge is 0.135 e. The van der Waals surface area contributed by atoms with E-state index in [4.69, 9.17) is 4.42 Å². The van der Waals surface area contributed by atoms with Crippen LogP contribution in [-0.4, -0.2) is 13.6 Å². The van der Waals surface area contributed by atoms with Crippen LogP contribution < -0.4 is 5.32 Å². The van der Waals surface area contributed by atoms with E-state index in [1.165, 1.54) is 10.9 Å². The summed E-state index contributed by atoms with van der Waals surface area (Å²) in [7, 11) is 1.96. The first-order chi connectivity index (χ1) is 6.81. The van der Waals surface area contributed by atoms with Gasteiger partial charge in [0.15, 0.2) is 0 Å². The van der Waals surface area contributed by atoms with Crippen LogP contribution in [0.15, 0.2) is 33.4 Å². The number of fused-ring (bicyclic) bond motifs is 1. The lowest BCUT2D eigenvalue weighted by Crippen LogP contribution is -2.09. The Balaban J connectivity index is 2.37. The summed E-state index contributed by atoms with van der Waals surface area (Å²) in [6.45, 7) is 0.977. The minimum absolute atomic E-state index is 0.950. The number of likely N-dealkylation sites (N-methyl/N-ethyl adjacent to an activating group) is 1. The zero-order chi connectivity index (χ0) is 9.97. The summed E-state index contributed by atoms with van der Waals surface area (Å²) in [6.07, 6.45) is 2.85. The Hall–Kier alpha value is -0.800. The molecule has 2 aromatic rings. The van der Waals surface area contributed by atoms with E-state index in [1.54, 1.807) is 0 Å². The lowest BCUT2D eigenvalue weighted by atomic mass is 10.1. The Bertz CT molecular complexity index is 436. The number of rotatable bonds is 3. The van der Waals surface area contributed by atoms with Crippen LogP contribution in [0.2, 0.25) is 0 Å². The van der Waals surface area contributed by atoms with Gasteiger partial charge in [-0.25, -0.2) is 0 Å². The van der Waals surface area contributed by atoms with Gasteiger partial charge in [-0.2, -0.15) is 0 Å². The van der Waals surface area contributed by atoms with Crippen LogP contribution in [0.3, 0.4) is 0 Å². The number of halogens is 1. The van der Waals surface area contributed by atoms with Crippen molar-refractivity contribution < 1.29 is 4.42 Å². The van der Waals surface area contributed by atoms with Gasteiger partial charge in [0.25, 0.3) is 0 Å². The van der Waals surface area contributed by atoms with Gasteiger partial charge in [-0.05, 0) is 43.8 Å². The maximum Gasteiger partial charge on any atom is 0.135 e. The van der Waals surface area contributed by atoms with Crippen molar-refractivity contribution in [2.75, 3.05) is 13.6 Å². The highest BCUT2D eigenvalue weighted by molar-refractivity contribution is 9.10. The van der Waals surface area contributed by atoms with Crippen molar-refractivity contribution in [3.8, 4) is 0 Å². The van der Waals surface area contributed by atoms with Gasteiger partial charge in [0, 0.05) is 9.86 Å². The standard InChI is InChI=1S/C11H12BrNO/c1-13-5-4-8-7-14-11-6-9(12)2-3-10(8)11/h2-3,6-7,13H,4-5H2,1H3. The van der Waals surface area contributed by atoms with Crippen LogP contribution >= 0.6 is 15.9 Å². The van der Waals surface area contributed by atoms with Gasteiger partial charge in [-0.1, -0.05) is 15.9 Å². The molecule has 1 aromatic carbocycles. The van der Waals surface area contributed by atoms with Crippen molar-refractivity contribution in [2.45, 2.75) is 6.42 Å². The van der Waals surface area contributed by atoms with E-state index in [0.29, 0.717) is 0 Å². The molecular formula is C11H12BrNO. The number of hydrogen-bond acceptors (Lipinski definition) is 2. The number of hydrogen-bond donors (Lipinski definition) is 1. The highest BCUT2D eigenvalue weighted by Crippen LogP contribution is 2.24. The quantitative estimate of drug-likeness (QED) is 0.910. The van der Waals surface area contributed by atoms with E-state index in [1.807, 2.05) is 25.4 Å². The average molecular weight is 254 g/mol. The average Bonchev–Trinajstić information content (AvgIpc) is 2.57. The molecular weight excluding hydrogens is 242 g/mol. The molecule has 1 heterocycles. The molecule has 0 bridgehead atoms. The monoisotopic (exact) mass is 253 g/mol. The van der Waals surface area contributed by atoms with Crippen molar-refractivity contribution in [3.05, 3.63) is 34.5 Å². The Morgan fingerprint density at radius 2 is 2.29 bits per heavy atom. The molecule has 1 N–H and O–H groups in total. The first-order valence-electron chi connectivity index (χ1n) is 4.61. The summed E-state index contributed by atoms with van der Waals surface area (Å²) in [5.74, 6) is 0. The fourth-order valence-electron chi connectivity index (χ4n) is 1.51. The molecule has 0 radical (unpaired) electrons. The number of nitrogens with one attached hydrogen (secondary N) is 1. The van der Waals surface area contributed by atoms with Crippen molar-refractivity contribution in [3.63, 3.8) is 0 Å². The van der Waals surface area contributed by atoms with E-state index >= 15 is 0 Å². The predicted octanol–water partition coefficient (Wildman–Crippen LogP) is 2.96. The van der Waals surface area contributed by atoms with Crippen LogP contribution in [-0.2, 0) is 6.42 Å². The lowest BCUT2D eigenvalue weighted by molar-refractivity contribution is 0.608. The fraction of sp³-hybridized carbons (Fsp3) is 0.273. The van der Waals surface area contributed by atoms with E-state index < -0.39 is 0 Å². The summed E-state index contributed by atoms with van der Waals surface area (Å²) in [5.41, 5.74) is 2.22. The molecule has 14 heavy (non-hydrogen) atoms. The largest absolute Gasteiger partial charge is 0.464 e. The van der Waals surface area contributed by atoms with Crippen LogP contribution in [0, 0.1) is 0 Å².